The number of rotatable bonds is 2. The summed E-state index contributed by atoms with van der Waals surface area (Å²) in [5, 5.41) is 0. The standard InChI is InChI=1S/C16H20N2P2/c1-11-7-5-8-12(2)15(11)17-19-18(20-17)16-13(3)9-6-10-14(16)4/h5-10,19-20H,1-4H3/p+2. The van der Waals surface area contributed by atoms with Crippen molar-refractivity contribution in [1.82, 2.24) is 0 Å². The van der Waals surface area contributed by atoms with Crippen LogP contribution in [0.15, 0.2) is 36.4 Å². The molecule has 0 aliphatic carbocycles. The lowest BCUT2D eigenvalue weighted by molar-refractivity contribution is 1.30. The summed E-state index contributed by atoms with van der Waals surface area (Å²) in [6, 6.07) is 13.2. The molecule has 4 heteroatoms. The van der Waals surface area contributed by atoms with Gasteiger partial charge in [-0.2, -0.15) is 0 Å². The average Bonchev–Trinajstić information content (AvgIpc) is 2.34. The van der Waals surface area contributed by atoms with E-state index in [1.54, 1.807) is 0 Å². The summed E-state index contributed by atoms with van der Waals surface area (Å²) in [6.07, 6.45) is 0. The SMILES string of the molecule is Cc1cccc(C)c1N1[PH2+]N(c2c(C)cccc2C)[PH2+]1. The molecule has 0 unspecified atom stereocenters. The minimum Gasteiger partial charge on any atom is -0.0926 e. The Labute approximate surface area is 125 Å². The van der Waals surface area contributed by atoms with E-state index >= 15 is 0 Å². The zero-order valence-electron chi connectivity index (χ0n) is 12.5. The van der Waals surface area contributed by atoms with Crippen LogP contribution < -0.4 is 8.88 Å². The second-order valence-corrected chi connectivity index (χ2v) is 9.41. The Hall–Kier alpha value is -1.10. The summed E-state index contributed by atoms with van der Waals surface area (Å²) >= 11 is 0. The van der Waals surface area contributed by atoms with Crippen LogP contribution in [0.5, 0.6) is 0 Å². The van der Waals surface area contributed by atoms with Gasteiger partial charge in [-0.3, -0.25) is 0 Å². The molecule has 2 nitrogen and oxygen atoms in total. The minimum absolute atomic E-state index is 0.201. The summed E-state index contributed by atoms with van der Waals surface area (Å²) < 4.78 is 5.24. The molecule has 0 atom stereocenters. The van der Waals surface area contributed by atoms with Gasteiger partial charge in [0.25, 0.3) is 17.8 Å². The van der Waals surface area contributed by atoms with Gasteiger partial charge in [0.15, 0.2) is 0 Å². The quantitative estimate of drug-likeness (QED) is 0.740. The predicted molar refractivity (Wildman–Crippen MR) is 96.2 cm³/mol. The van der Waals surface area contributed by atoms with Crippen molar-refractivity contribution in [3.05, 3.63) is 58.7 Å². The first-order valence-electron chi connectivity index (χ1n) is 6.97. The zero-order valence-corrected chi connectivity index (χ0v) is 14.8. The van der Waals surface area contributed by atoms with Crippen LogP contribution in [0.25, 0.3) is 0 Å². The molecular formula is C16H22N2P2+2. The fraction of sp³-hybridized carbons (Fsp3) is 0.250. The van der Waals surface area contributed by atoms with Crippen molar-refractivity contribution < 1.29 is 0 Å². The second kappa shape index (κ2) is 5.35. The average molecular weight is 304 g/mol. The van der Waals surface area contributed by atoms with Crippen LogP contribution in [-0.4, -0.2) is 0 Å². The van der Waals surface area contributed by atoms with Crippen molar-refractivity contribution in [2.75, 3.05) is 8.88 Å². The molecule has 1 fully saturated rings. The van der Waals surface area contributed by atoms with Crippen LogP contribution in [0.1, 0.15) is 22.3 Å². The molecule has 0 radical (unpaired) electrons. The Morgan fingerprint density at radius 1 is 0.600 bits per heavy atom. The van der Waals surface area contributed by atoms with E-state index in [0.717, 1.165) is 0 Å². The molecule has 0 spiro atoms. The normalized spacial score (nSPS) is 16.8. The first kappa shape index (κ1) is 13.9. The van der Waals surface area contributed by atoms with Gasteiger partial charge < -0.3 is 0 Å². The third-order valence-electron chi connectivity index (χ3n) is 3.89. The Morgan fingerprint density at radius 2 is 0.900 bits per heavy atom. The van der Waals surface area contributed by atoms with E-state index in [-0.39, 0.29) is 17.8 Å². The Morgan fingerprint density at radius 3 is 1.20 bits per heavy atom. The highest BCUT2D eigenvalue weighted by Crippen LogP contribution is 2.60. The summed E-state index contributed by atoms with van der Waals surface area (Å²) in [5.74, 6) is 0. The summed E-state index contributed by atoms with van der Waals surface area (Å²) in [4.78, 5) is 0. The van der Waals surface area contributed by atoms with Crippen LogP contribution in [0, 0.1) is 27.7 Å². The van der Waals surface area contributed by atoms with Gasteiger partial charge in [0.1, 0.15) is 11.4 Å². The second-order valence-electron chi connectivity index (χ2n) is 5.53. The molecule has 3 rings (SSSR count). The van der Waals surface area contributed by atoms with Crippen molar-refractivity contribution in [2.45, 2.75) is 27.7 Å². The third kappa shape index (κ3) is 2.32. The topological polar surface area (TPSA) is 6.48 Å². The van der Waals surface area contributed by atoms with Crippen LogP contribution in [0.2, 0.25) is 0 Å². The molecule has 0 aromatic heterocycles. The Bertz CT molecular complexity index is 553. The molecule has 2 aromatic carbocycles. The minimum atomic E-state index is 0.201. The van der Waals surface area contributed by atoms with Gasteiger partial charge in [0, 0.05) is 0 Å². The van der Waals surface area contributed by atoms with Crippen molar-refractivity contribution in [2.24, 2.45) is 0 Å². The molecule has 1 saturated heterocycles. The molecule has 0 amide bonds. The maximum absolute atomic E-state index is 2.62. The molecular weight excluding hydrogens is 282 g/mol. The fourth-order valence-electron chi connectivity index (χ4n) is 2.91. The van der Waals surface area contributed by atoms with Gasteiger partial charge in [-0.1, -0.05) is 45.3 Å². The number of anilines is 2. The molecule has 20 heavy (non-hydrogen) atoms. The summed E-state index contributed by atoms with van der Waals surface area (Å²) in [7, 11) is 0.402. The predicted octanol–water partition coefficient (Wildman–Crippen LogP) is 4.73. The number of benzene rings is 2. The van der Waals surface area contributed by atoms with Crippen LogP contribution >= 0.6 is 17.8 Å². The summed E-state index contributed by atoms with van der Waals surface area (Å²) in [6.45, 7) is 8.90. The van der Waals surface area contributed by atoms with Crippen molar-refractivity contribution >= 4 is 29.1 Å². The fourth-order valence-corrected chi connectivity index (χ4v) is 6.72. The molecule has 1 aliphatic rings. The van der Waals surface area contributed by atoms with E-state index in [0.29, 0.717) is 0 Å². The van der Waals surface area contributed by atoms with Crippen LogP contribution in [-0.2, 0) is 0 Å². The number of aryl methyl sites for hydroxylation is 4. The number of para-hydroxylation sites is 2. The van der Waals surface area contributed by atoms with E-state index in [2.05, 4.69) is 73.0 Å². The third-order valence-corrected chi connectivity index (χ3v) is 7.52. The zero-order chi connectivity index (χ0) is 14.3. The monoisotopic (exact) mass is 304 g/mol. The van der Waals surface area contributed by atoms with Gasteiger partial charge in [-0.05, 0) is 49.9 Å². The maximum atomic E-state index is 2.62. The van der Waals surface area contributed by atoms with E-state index in [4.69, 9.17) is 0 Å². The molecule has 0 bridgehead atoms. The van der Waals surface area contributed by atoms with E-state index in [9.17, 15) is 0 Å². The van der Waals surface area contributed by atoms with E-state index in [1.165, 1.54) is 33.6 Å². The van der Waals surface area contributed by atoms with Crippen molar-refractivity contribution in [1.29, 1.82) is 0 Å². The van der Waals surface area contributed by atoms with Crippen LogP contribution in [0.4, 0.5) is 11.4 Å². The molecule has 2 aromatic rings. The molecule has 104 valence electrons. The highest BCUT2D eigenvalue weighted by Gasteiger charge is 2.43. The highest BCUT2D eigenvalue weighted by atomic mass is 31.2. The lowest BCUT2D eigenvalue weighted by Gasteiger charge is -2.31. The van der Waals surface area contributed by atoms with Crippen molar-refractivity contribution in [3.8, 4) is 0 Å². The first-order chi connectivity index (χ1) is 9.58. The van der Waals surface area contributed by atoms with Gasteiger partial charge in [0.05, 0.1) is 0 Å². The summed E-state index contributed by atoms with van der Waals surface area (Å²) in [5.41, 5.74) is 8.58. The maximum Gasteiger partial charge on any atom is 0.253 e. The van der Waals surface area contributed by atoms with Gasteiger partial charge >= 0.3 is 0 Å². The van der Waals surface area contributed by atoms with E-state index < -0.39 is 0 Å². The Balaban J connectivity index is 1.83. The molecule has 0 saturated carbocycles. The largest absolute Gasteiger partial charge is 0.253 e. The van der Waals surface area contributed by atoms with Gasteiger partial charge in [-0.25, -0.2) is 0 Å². The Kier molecular flexibility index (Phi) is 3.71. The van der Waals surface area contributed by atoms with Crippen molar-refractivity contribution in [3.63, 3.8) is 0 Å². The molecule has 1 heterocycles. The lowest BCUT2D eigenvalue weighted by Crippen LogP contribution is -2.26. The van der Waals surface area contributed by atoms with Crippen LogP contribution in [0.3, 0.4) is 0 Å². The van der Waals surface area contributed by atoms with E-state index in [1.807, 2.05) is 0 Å². The van der Waals surface area contributed by atoms with Gasteiger partial charge in [-0.15, -0.1) is 0 Å². The number of hydrogen-bond donors (Lipinski definition) is 0. The smallest absolute Gasteiger partial charge is 0.0926 e. The molecule has 1 aliphatic heterocycles. The first-order valence-corrected chi connectivity index (χ1v) is 9.03. The number of hydrogen-bond acceptors (Lipinski definition) is 2. The van der Waals surface area contributed by atoms with Gasteiger partial charge in [0.2, 0.25) is 0 Å². The lowest BCUT2D eigenvalue weighted by atomic mass is 10.1. The highest BCUT2D eigenvalue weighted by molar-refractivity contribution is 7.78. The number of nitrogens with zero attached hydrogens (tertiary/aromatic N) is 2. The molecule has 0 N–H and O–H groups in total.